The van der Waals surface area contributed by atoms with Crippen LogP contribution in [-0.2, 0) is 16.1 Å². The van der Waals surface area contributed by atoms with Crippen LogP contribution in [0.1, 0.15) is 5.56 Å². The zero-order valence-corrected chi connectivity index (χ0v) is 15.5. The molecule has 0 unspecified atom stereocenters. The third-order valence-corrected chi connectivity index (χ3v) is 4.50. The van der Waals surface area contributed by atoms with Gasteiger partial charge in [-0.15, -0.1) is 0 Å². The summed E-state index contributed by atoms with van der Waals surface area (Å²) in [6, 6.07) is 6.05. The molecular formula is C19H14Cl2FN3O2. The molecule has 0 radical (unpaired) electrons. The molecule has 0 aliphatic carbocycles. The predicted molar refractivity (Wildman–Crippen MR) is 102 cm³/mol. The van der Waals surface area contributed by atoms with Crippen molar-refractivity contribution in [3.05, 3.63) is 82.0 Å². The van der Waals surface area contributed by atoms with Crippen LogP contribution in [0.2, 0.25) is 10.0 Å². The van der Waals surface area contributed by atoms with Crippen molar-refractivity contribution in [3.8, 4) is 0 Å². The number of carbonyl (C=O) groups excluding carboxylic acids is 2. The monoisotopic (exact) mass is 405 g/mol. The molecular weight excluding hydrogens is 392 g/mol. The quantitative estimate of drug-likeness (QED) is 0.763. The van der Waals surface area contributed by atoms with Gasteiger partial charge in [0.25, 0.3) is 11.7 Å². The number of halogens is 3. The lowest BCUT2D eigenvalue weighted by Crippen LogP contribution is -2.24. The molecule has 0 spiro atoms. The van der Waals surface area contributed by atoms with Gasteiger partial charge >= 0.3 is 0 Å². The Morgan fingerprint density at radius 1 is 1.19 bits per heavy atom. The van der Waals surface area contributed by atoms with Crippen LogP contribution in [0.3, 0.4) is 0 Å². The predicted octanol–water partition coefficient (Wildman–Crippen LogP) is 3.99. The zero-order chi connectivity index (χ0) is 19.6. The molecule has 3 rings (SSSR count). The molecule has 27 heavy (non-hydrogen) atoms. The Balaban J connectivity index is 1.72. The lowest BCUT2D eigenvalue weighted by molar-refractivity contribution is -0.132. The molecule has 0 saturated heterocycles. The van der Waals surface area contributed by atoms with E-state index < -0.39 is 11.7 Å². The highest BCUT2D eigenvalue weighted by atomic mass is 35.5. The van der Waals surface area contributed by atoms with Gasteiger partial charge in [0.2, 0.25) is 0 Å². The van der Waals surface area contributed by atoms with Gasteiger partial charge in [-0.3, -0.25) is 14.6 Å². The Morgan fingerprint density at radius 3 is 2.44 bits per heavy atom. The van der Waals surface area contributed by atoms with E-state index in [0.29, 0.717) is 18.7 Å². The number of rotatable bonds is 5. The van der Waals surface area contributed by atoms with E-state index in [1.165, 1.54) is 24.5 Å². The van der Waals surface area contributed by atoms with Gasteiger partial charge in [-0.25, -0.2) is 4.39 Å². The summed E-state index contributed by atoms with van der Waals surface area (Å²) in [4.78, 5) is 30.4. The Morgan fingerprint density at radius 2 is 1.81 bits per heavy atom. The van der Waals surface area contributed by atoms with Crippen molar-refractivity contribution in [1.82, 2.24) is 9.88 Å². The van der Waals surface area contributed by atoms with Gasteiger partial charge in [0.1, 0.15) is 5.82 Å². The molecule has 0 bridgehead atoms. The van der Waals surface area contributed by atoms with E-state index in [9.17, 15) is 14.0 Å². The Bertz CT molecular complexity index is 938. The highest BCUT2D eigenvalue weighted by Crippen LogP contribution is 2.29. The molecule has 1 aliphatic heterocycles. The second-order valence-electron chi connectivity index (χ2n) is 5.94. The van der Waals surface area contributed by atoms with Crippen LogP contribution >= 0.6 is 23.2 Å². The maximum Gasteiger partial charge on any atom is 0.296 e. The first kappa shape index (κ1) is 19.1. The van der Waals surface area contributed by atoms with Crippen molar-refractivity contribution in [2.24, 2.45) is 0 Å². The van der Waals surface area contributed by atoms with Crippen LogP contribution in [0.25, 0.3) is 0 Å². The number of nitrogens with zero attached hydrogens (tertiary/aromatic N) is 2. The number of benzene rings is 1. The lowest BCUT2D eigenvalue weighted by atomic mass is 10.1. The molecule has 1 N–H and O–H groups in total. The number of amides is 1. The Kier molecular flexibility index (Phi) is 5.58. The smallest absolute Gasteiger partial charge is 0.296 e. The molecule has 5 nitrogen and oxygen atoms in total. The fourth-order valence-corrected chi connectivity index (χ4v) is 3.08. The first-order valence-electron chi connectivity index (χ1n) is 7.88. The van der Waals surface area contributed by atoms with E-state index >= 15 is 0 Å². The number of carbonyl (C=O) groups is 2. The van der Waals surface area contributed by atoms with Crippen LogP contribution in [0, 0.1) is 5.82 Å². The van der Waals surface area contributed by atoms with E-state index in [1.807, 2.05) is 4.90 Å². The molecule has 0 fully saturated rings. The van der Waals surface area contributed by atoms with Crippen LogP contribution < -0.4 is 5.32 Å². The number of aromatic nitrogens is 1. The third-order valence-electron chi connectivity index (χ3n) is 3.93. The highest BCUT2D eigenvalue weighted by Gasteiger charge is 2.28. The summed E-state index contributed by atoms with van der Waals surface area (Å²) in [6.45, 7) is 4.70. The largest absolute Gasteiger partial charge is 0.368 e. The fraction of sp³-hybridized carbons (Fsp3) is 0.105. The van der Waals surface area contributed by atoms with E-state index in [2.05, 4.69) is 16.9 Å². The summed E-state index contributed by atoms with van der Waals surface area (Å²) < 4.78 is 13.0. The summed E-state index contributed by atoms with van der Waals surface area (Å²) in [5.74, 6) is -1.94. The van der Waals surface area contributed by atoms with Crippen molar-refractivity contribution in [2.45, 2.75) is 6.54 Å². The molecule has 2 aromatic rings. The minimum absolute atomic E-state index is 0.124. The van der Waals surface area contributed by atoms with Crippen molar-refractivity contribution in [1.29, 1.82) is 0 Å². The molecule has 1 amide bonds. The number of nitrogens with one attached hydrogen (secondary N) is 1. The second-order valence-corrected chi connectivity index (χ2v) is 6.75. The molecule has 2 heterocycles. The zero-order valence-electron chi connectivity index (χ0n) is 14.0. The standard InChI is InChI=1S/C19H14Cl2FN3O2/c1-11-8-25(9-12-2-4-13(22)5-3-12)10-14(11)18(26)19(27)24-17-15(20)6-23-7-16(17)21/h2-7,10H,1,8-9H2,(H,23,24,27). The van der Waals surface area contributed by atoms with Crippen molar-refractivity contribution < 1.29 is 14.0 Å². The summed E-state index contributed by atoms with van der Waals surface area (Å²) in [5, 5.41) is 2.66. The number of anilines is 1. The Hall–Kier alpha value is -2.70. The average molecular weight is 406 g/mol. The summed E-state index contributed by atoms with van der Waals surface area (Å²) in [5.41, 5.74) is 1.72. The van der Waals surface area contributed by atoms with Gasteiger partial charge in [-0.1, -0.05) is 41.9 Å². The lowest BCUT2D eigenvalue weighted by Gasteiger charge is -2.14. The maximum absolute atomic E-state index is 13.0. The molecule has 0 atom stereocenters. The normalized spacial score (nSPS) is 13.5. The van der Waals surface area contributed by atoms with Gasteiger partial charge in [-0.05, 0) is 23.3 Å². The first-order valence-corrected chi connectivity index (χ1v) is 8.64. The van der Waals surface area contributed by atoms with Crippen molar-refractivity contribution >= 4 is 40.6 Å². The van der Waals surface area contributed by atoms with E-state index in [1.54, 1.807) is 18.3 Å². The van der Waals surface area contributed by atoms with Crippen LogP contribution in [0.5, 0.6) is 0 Å². The third kappa shape index (κ3) is 4.35. The second kappa shape index (κ2) is 7.90. The minimum Gasteiger partial charge on any atom is -0.368 e. The van der Waals surface area contributed by atoms with Crippen LogP contribution in [0.4, 0.5) is 10.1 Å². The topological polar surface area (TPSA) is 62.3 Å². The van der Waals surface area contributed by atoms with Gasteiger partial charge < -0.3 is 10.2 Å². The molecule has 1 aliphatic rings. The van der Waals surface area contributed by atoms with E-state index in [-0.39, 0.29) is 27.1 Å². The highest BCUT2D eigenvalue weighted by molar-refractivity contribution is 6.49. The van der Waals surface area contributed by atoms with Crippen LogP contribution in [0.15, 0.2) is 60.6 Å². The summed E-state index contributed by atoms with van der Waals surface area (Å²) in [6.07, 6.45) is 4.20. The molecule has 1 aromatic heterocycles. The van der Waals surface area contributed by atoms with Gasteiger partial charge in [0.15, 0.2) is 0 Å². The van der Waals surface area contributed by atoms with E-state index in [0.717, 1.165) is 5.56 Å². The molecule has 138 valence electrons. The number of ketones is 1. The van der Waals surface area contributed by atoms with E-state index in [4.69, 9.17) is 23.2 Å². The Labute approximate surface area is 165 Å². The number of Topliss-reactive ketones (excluding diaryl/α,β-unsaturated/α-hetero) is 1. The first-order chi connectivity index (χ1) is 12.8. The number of pyridine rings is 1. The van der Waals surface area contributed by atoms with Crippen molar-refractivity contribution in [2.75, 3.05) is 11.9 Å². The average Bonchev–Trinajstić information content (AvgIpc) is 2.99. The summed E-state index contributed by atoms with van der Waals surface area (Å²) >= 11 is 11.9. The van der Waals surface area contributed by atoms with Gasteiger partial charge in [-0.2, -0.15) is 0 Å². The van der Waals surface area contributed by atoms with Crippen LogP contribution in [-0.4, -0.2) is 28.1 Å². The summed E-state index contributed by atoms with van der Waals surface area (Å²) in [7, 11) is 0. The maximum atomic E-state index is 13.0. The number of hydrogen-bond donors (Lipinski definition) is 1. The molecule has 1 aromatic carbocycles. The fourth-order valence-electron chi connectivity index (χ4n) is 2.62. The van der Waals surface area contributed by atoms with Crippen molar-refractivity contribution in [3.63, 3.8) is 0 Å². The SMILES string of the molecule is C=C1CN(Cc2ccc(F)cc2)C=C1C(=O)C(=O)Nc1c(Cl)cncc1Cl. The molecule has 0 saturated carbocycles. The number of hydrogen-bond acceptors (Lipinski definition) is 4. The van der Waals surface area contributed by atoms with Gasteiger partial charge in [0, 0.05) is 37.3 Å². The van der Waals surface area contributed by atoms with Gasteiger partial charge in [0.05, 0.1) is 15.7 Å². The molecule has 8 heteroatoms. The minimum atomic E-state index is -0.874.